The van der Waals surface area contributed by atoms with Crippen LogP contribution in [0.1, 0.15) is 65.4 Å². The Hall–Kier alpha value is -2.32. The van der Waals surface area contributed by atoms with Crippen molar-refractivity contribution in [3.63, 3.8) is 0 Å². The minimum absolute atomic E-state index is 0.000942. The van der Waals surface area contributed by atoms with E-state index in [1.54, 1.807) is 7.11 Å². The standard InChI is InChI=1S/C27H42N2O6/c1-17(2)29-25(33)35-23-12-13-26(3)19(20(31)10-11-22(26)27(23,4)16-30)14-24(32)28-15-18-8-6-7-9-21(18)34-5/h6-9,17,19-20,22-23,30-31H,10-16H2,1-5H3,(H,28,32)(H,29,33)/t19-,20-,22-,23+,26-,27+/m1/s1. The molecule has 2 fully saturated rings. The van der Waals surface area contributed by atoms with Gasteiger partial charge in [0.2, 0.25) is 5.91 Å². The Morgan fingerprint density at radius 1 is 1.17 bits per heavy atom. The minimum atomic E-state index is -0.659. The van der Waals surface area contributed by atoms with Crippen molar-refractivity contribution in [3.8, 4) is 5.75 Å². The largest absolute Gasteiger partial charge is 0.496 e. The SMILES string of the molecule is COc1ccccc1CNC(=O)C[C@@H]1[C@H](O)CC[C@H]2[C@](C)(CO)[C@@H](OC(=O)NC(C)C)CC[C@@]21C. The van der Waals surface area contributed by atoms with Crippen LogP contribution in [0.5, 0.6) is 5.75 Å². The van der Waals surface area contributed by atoms with E-state index in [0.29, 0.717) is 32.2 Å². The number of hydrogen-bond donors (Lipinski definition) is 4. The molecule has 8 heteroatoms. The monoisotopic (exact) mass is 490 g/mol. The van der Waals surface area contributed by atoms with Crippen LogP contribution in [0.15, 0.2) is 24.3 Å². The summed E-state index contributed by atoms with van der Waals surface area (Å²) < 4.78 is 11.2. The Balaban J connectivity index is 1.73. The summed E-state index contributed by atoms with van der Waals surface area (Å²) in [6.45, 7) is 8.05. The van der Waals surface area contributed by atoms with Gasteiger partial charge in [0.05, 0.1) is 19.8 Å². The molecule has 2 amide bonds. The molecule has 0 unspecified atom stereocenters. The Labute approximate surface area is 208 Å². The number of aliphatic hydroxyl groups excluding tert-OH is 2. The van der Waals surface area contributed by atoms with E-state index in [9.17, 15) is 19.8 Å². The number of methoxy groups -OCH3 is 1. The zero-order valence-electron chi connectivity index (χ0n) is 21.7. The molecule has 1 aromatic rings. The van der Waals surface area contributed by atoms with Crippen LogP contribution in [0.25, 0.3) is 0 Å². The highest BCUT2D eigenvalue weighted by Crippen LogP contribution is 2.61. The van der Waals surface area contributed by atoms with Gasteiger partial charge in [-0.3, -0.25) is 4.79 Å². The molecule has 0 bridgehead atoms. The number of aliphatic hydroxyl groups is 2. The van der Waals surface area contributed by atoms with Crippen LogP contribution < -0.4 is 15.4 Å². The normalized spacial score (nSPS) is 32.5. The van der Waals surface area contributed by atoms with E-state index in [-0.39, 0.29) is 42.2 Å². The summed E-state index contributed by atoms with van der Waals surface area (Å²) in [4.78, 5) is 25.3. The van der Waals surface area contributed by atoms with E-state index < -0.39 is 23.7 Å². The Morgan fingerprint density at radius 3 is 2.54 bits per heavy atom. The average molecular weight is 491 g/mol. The highest BCUT2D eigenvalue weighted by molar-refractivity contribution is 5.76. The third-order valence-electron chi connectivity index (χ3n) is 8.41. The minimum Gasteiger partial charge on any atom is -0.496 e. The Bertz CT molecular complexity index is 892. The maximum Gasteiger partial charge on any atom is 0.407 e. The number of fused-ring (bicyclic) bond motifs is 1. The van der Waals surface area contributed by atoms with Crippen molar-refractivity contribution < 1.29 is 29.3 Å². The van der Waals surface area contributed by atoms with Crippen molar-refractivity contribution in [2.75, 3.05) is 13.7 Å². The predicted molar refractivity (Wildman–Crippen MR) is 133 cm³/mol. The molecule has 0 heterocycles. The van der Waals surface area contributed by atoms with Crippen LogP contribution in [0, 0.1) is 22.7 Å². The summed E-state index contributed by atoms with van der Waals surface area (Å²) in [7, 11) is 1.60. The van der Waals surface area contributed by atoms with Crippen LogP contribution in [0.3, 0.4) is 0 Å². The quantitative estimate of drug-likeness (QED) is 0.444. The Kier molecular flexibility index (Phi) is 8.70. The summed E-state index contributed by atoms with van der Waals surface area (Å²) in [5, 5.41) is 27.2. The molecule has 0 aliphatic heterocycles. The molecule has 8 nitrogen and oxygen atoms in total. The lowest BCUT2D eigenvalue weighted by Crippen LogP contribution is -2.61. The van der Waals surface area contributed by atoms with Gasteiger partial charge in [0.15, 0.2) is 0 Å². The second-order valence-corrected chi connectivity index (χ2v) is 11.0. The molecule has 0 spiro atoms. The van der Waals surface area contributed by atoms with Gasteiger partial charge in [-0.15, -0.1) is 0 Å². The third-order valence-corrected chi connectivity index (χ3v) is 8.41. The second kappa shape index (κ2) is 11.2. The van der Waals surface area contributed by atoms with Gasteiger partial charge in [0, 0.05) is 30.0 Å². The van der Waals surface area contributed by atoms with Gasteiger partial charge in [0.25, 0.3) is 0 Å². The summed E-state index contributed by atoms with van der Waals surface area (Å²) in [5.41, 5.74) is -0.138. The number of carbonyl (C=O) groups is 2. The number of rotatable bonds is 8. The number of hydrogen-bond acceptors (Lipinski definition) is 6. The number of carbonyl (C=O) groups excluding carboxylic acids is 2. The number of ether oxygens (including phenoxy) is 2. The maximum atomic E-state index is 13.0. The first-order valence-electron chi connectivity index (χ1n) is 12.7. The summed E-state index contributed by atoms with van der Waals surface area (Å²) in [6.07, 6.45) is 1.22. The second-order valence-electron chi connectivity index (χ2n) is 11.0. The first-order chi connectivity index (χ1) is 16.5. The maximum absolute atomic E-state index is 13.0. The van der Waals surface area contributed by atoms with Gasteiger partial charge in [-0.05, 0) is 62.8 Å². The zero-order valence-corrected chi connectivity index (χ0v) is 21.7. The number of benzene rings is 1. The van der Waals surface area contributed by atoms with Gasteiger partial charge in [-0.25, -0.2) is 4.79 Å². The lowest BCUT2D eigenvalue weighted by atomic mass is 9.46. The van der Waals surface area contributed by atoms with Crippen LogP contribution in [-0.2, 0) is 16.1 Å². The molecule has 2 aliphatic carbocycles. The molecule has 4 N–H and O–H groups in total. The first-order valence-corrected chi connectivity index (χ1v) is 12.7. The summed E-state index contributed by atoms with van der Waals surface area (Å²) in [6, 6.07) is 7.51. The van der Waals surface area contributed by atoms with Crippen molar-refractivity contribution >= 4 is 12.0 Å². The summed E-state index contributed by atoms with van der Waals surface area (Å²) in [5.74, 6) is 0.342. The van der Waals surface area contributed by atoms with Crippen molar-refractivity contribution in [2.45, 2.75) is 84.6 Å². The molecule has 1 aromatic carbocycles. The van der Waals surface area contributed by atoms with E-state index in [1.807, 2.05) is 45.0 Å². The van der Waals surface area contributed by atoms with Crippen LogP contribution in [0.4, 0.5) is 4.79 Å². The van der Waals surface area contributed by atoms with Crippen molar-refractivity contribution in [1.29, 1.82) is 0 Å². The fourth-order valence-corrected chi connectivity index (χ4v) is 6.49. The highest BCUT2D eigenvalue weighted by atomic mass is 16.6. The van der Waals surface area contributed by atoms with Crippen LogP contribution in [-0.4, -0.2) is 54.2 Å². The fraction of sp³-hybridized carbons (Fsp3) is 0.704. The van der Waals surface area contributed by atoms with E-state index >= 15 is 0 Å². The zero-order chi connectivity index (χ0) is 25.8. The van der Waals surface area contributed by atoms with Crippen molar-refractivity contribution in [2.24, 2.45) is 22.7 Å². The third kappa shape index (κ3) is 5.75. The lowest BCUT2D eigenvalue weighted by Gasteiger charge is -2.60. The van der Waals surface area contributed by atoms with Crippen molar-refractivity contribution in [3.05, 3.63) is 29.8 Å². The van der Waals surface area contributed by atoms with Crippen LogP contribution >= 0.6 is 0 Å². The molecule has 196 valence electrons. The topological polar surface area (TPSA) is 117 Å². The van der Waals surface area contributed by atoms with Gasteiger partial charge in [-0.1, -0.05) is 32.0 Å². The smallest absolute Gasteiger partial charge is 0.407 e. The van der Waals surface area contributed by atoms with Gasteiger partial charge in [0.1, 0.15) is 11.9 Å². The predicted octanol–water partition coefficient (Wildman–Crippen LogP) is 3.39. The van der Waals surface area contributed by atoms with E-state index in [0.717, 1.165) is 11.3 Å². The first kappa shape index (κ1) is 27.3. The fourth-order valence-electron chi connectivity index (χ4n) is 6.49. The average Bonchev–Trinajstić information content (AvgIpc) is 2.81. The van der Waals surface area contributed by atoms with E-state index in [2.05, 4.69) is 17.6 Å². The van der Waals surface area contributed by atoms with E-state index in [1.165, 1.54) is 0 Å². The van der Waals surface area contributed by atoms with E-state index in [4.69, 9.17) is 9.47 Å². The molecule has 6 atom stereocenters. The molecule has 3 rings (SSSR count). The van der Waals surface area contributed by atoms with Crippen molar-refractivity contribution in [1.82, 2.24) is 10.6 Å². The number of amides is 2. The molecular formula is C27H42N2O6. The Morgan fingerprint density at radius 2 is 1.89 bits per heavy atom. The molecule has 0 saturated heterocycles. The lowest BCUT2D eigenvalue weighted by molar-refractivity contribution is -0.186. The molecule has 2 aliphatic rings. The van der Waals surface area contributed by atoms with Gasteiger partial charge in [-0.2, -0.15) is 0 Å². The number of para-hydroxylation sites is 1. The number of alkyl carbamates (subject to hydrolysis) is 1. The molecule has 0 aromatic heterocycles. The number of nitrogens with one attached hydrogen (secondary N) is 2. The van der Waals surface area contributed by atoms with Gasteiger partial charge < -0.3 is 30.3 Å². The summed E-state index contributed by atoms with van der Waals surface area (Å²) >= 11 is 0. The molecule has 35 heavy (non-hydrogen) atoms. The highest BCUT2D eigenvalue weighted by Gasteiger charge is 2.60. The molecular weight excluding hydrogens is 448 g/mol. The molecule has 0 radical (unpaired) electrons. The van der Waals surface area contributed by atoms with Crippen LogP contribution in [0.2, 0.25) is 0 Å². The molecule has 2 saturated carbocycles. The van der Waals surface area contributed by atoms with Gasteiger partial charge >= 0.3 is 6.09 Å².